The van der Waals surface area contributed by atoms with Gasteiger partial charge in [-0.25, -0.2) is 0 Å². The summed E-state index contributed by atoms with van der Waals surface area (Å²) in [5.41, 5.74) is 1.12. The highest BCUT2D eigenvalue weighted by Gasteiger charge is 2.11. The van der Waals surface area contributed by atoms with Gasteiger partial charge in [-0.05, 0) is 29.2 Å². The highest BCUT2D eigenvalue weighted by molar-refractivity contribution is 7.51. The van der Waals surface area contributed by atoms with E-state index in [1.54, 1.807) is 0 Å². The molecule has 0 aliphatic carbocycles. The third-order valence-corrected chi connectivity index (χ3v) is 3.63. The fourth-order valence-electron chi connectivity index (χ4n) is 1.88. The van der Waals surface area contributed by atoms with E-state index in [1.807, 2.05) is 30.3 Å². The van der Waals surface area contributed by atoms with E-state index in [2.05, 4.69) is 12.1 Å². The predicted octanol–water partition coefficient (Wildman–Crippen LogP) is 2.95. The number of fused-ring (bicyclic) bond motifs is 1. The molecule has 2 aromatic rings. The summed E-state index contributed by atoms with van der Waals surface area (Å²) in [6, 6.07) is 14.2. The Bertz CT molecular complexity index is 559. The second kappa shape index (κ2) is 5.01. The van der Waals surface area contributed by atoms with Crippen LogP contribution in [0.1, 0.15) is 12.0 Å². The lowest BCUT2D eigenvalue weighted by atomic mass is 10.0. The molecule has 0 fully saturated rings. The Morgan fingerprint density at radius 2 is 1.71 bits per heavy atom. The molecule has 2 N–H and O–H groups in total. The average Bonchev–Trinajstić information content (AvgIpc) is 2.27. The van der Waals surface area contributed by atoms with Gasteiger partial charge in [0.15, 0.2) is 0 Å². The number of aryl methyl sites for hydroxylation is 1. The second-order valence-corrected chi connectivity index (χ2v) is 5.95. The SMILES string of the molecule is O=P(O)(O)CCCc1ccc2ccccc2c1. The summed E-state index contributed by atoms with van der Waals surface area (Å²) < 4.78 is 10.7. The minimum atomic E-state index is -3.85. The van der Waals surface area contributed by atoms with Crippen LogP contribution in [0, 0.1) is 0 Å². The van der Waals surface area contributed by atoms with Crippen molar-refractivity contribution in [1.29, 1.82) is 0 Å². The first kappa shape index (κ1) is 12.3. The van der Waals surface area contributed by atoms with Crippen LogP contribution >= 0.6 is 7.60 Å². The molecule has 0 amide bonds. The van der Waals surface area contributed by atoms with E-state index in [-0.39, 0.29) is 6.16 Å². The van der Waals surface area contributed by atoms with Gasteiger partial charge in [0.05, 0.1) is 6.16 Å². The summed E-state index contributed by atoms with van der Waals surface area (Å²) in [5.74, 6) is 0. The van der Waals surface area contributed by atoms with E-state index in [9.17, 15) is 4.57 Å². The van der Waals surface area contributed by atoms with Gasteiger partial charge in [0, 0.05) is 0 Å². The van der Waals surface area contributed by atoms with Crippen LogP contribution in [0.4, 0.5) is 0 Å². The highest BCUT2D eigenvalue weighted by atomic mass is 31.2. The van der Waals surface area contributed by atoms with Crippen molar-refractivity contribution in [3.8, 4) is 0 Å². The third-order valence-electron chi connectivity index (χ3n) is 2.73. The number of hydrogen-bond acceptors (Lipinski definition) is 1. The highest BCUT2D eigenvalue weighted by Crippen LogP contribution is 2.35. The molecule has 0 saturated heterocycles. The number of rotatable bonds is 4. The van der Waals surface area contributed by atoms with Gasteiger partial charge in [-0.2, -0.15) is 0 Å². The fraction of sp³-hybridized carbons (Fsp3) is 0.231. The molecule has 17 heavy (non-hydrogen) atoms. The van der Waals surface area contributed by atoms with Gasteiger partial charge in [0.2, 0.25) is 0 Å². The van der Waals surface area contributed by atoms with Gasteiger partial charge in [0.25, 0.3) is 0 Å². The molecule has 3 nitrogen and oxygen atoms in total. The van der Waals surface area contributed by atoms with E-state index in [0.29, 0.717) is 12.8 Å². The molecule has 0 radical (unpaired) electrons. The van der Waals surface area contributed by atoms with Gasteiger partial charge >= 0.3 is 7.60 Å². The van der Waals surface area contributed by atoms with Crippen molar-refractivity contribution in [2.75, 3.05) is 6.16 Å². The van der Waals surface area contributed by atoms with Crippen molar-refractivity contribution < 1.29 is 14.4 Å². The molecule has 0 saturated carbocycles. The van der Waals surface area contributed by atoms with Crippen LogP contribution in [-0.2, 0) is 11.0 Å². The first-order valence-corrected chi connectivity index (χ1v) is 7.37. The Hall–Kier alpha value is -1.15. The summed E-state index contributed by atoms with van der Waals surface area (Å²) in [7, 11) is -3.85. The molecule has 0 atom stereocenters. The lowest BCUT2D eigenvalue weighted by Crippen LogP contribution is -1.92. The molecule has 0 aliphatic rings. The van der Waals surface area contributed by atoms with E-state index in [4.69, 9.17) is 9.79 Å². The van der Waals surface area contributed by atoms with Crippen molar-refractivity contribution in [2.45, 2.75) is 12.8 Å². The number of benzene rings is 2. The van der Waals surface area contributed by atoms with Gasteiger partial charge in [-0.15, -0.1) is 0 Å². The van der Waals surface area contributed by atoms with Crippen molar-refractivity contribution in [2.24, 2.45) is 0 Å². The first-order chi connectivity index (χ1) is 8.04. The van der Waals surface area contributed by atoms with Crippen LogP contribution in [0.25, 0.3) is 10.8 Å². The van der Waals surface area contributed by atoms with Crippen LogP contribution in [0.5, 0.6) is 0 Å². The Kier molecular flexibility index (Phi) is 3.63. The van der Waals surface area contributed by atoms with Crippen molar-refractivity contribution >= 4 is 18.4 Å². The van der Waals surface area contributed by atoms with Crippen LogP contribution in [-0.4, -0.2) is 15.9 Å². The molecule has 0 aliphatic heterocycles. The molecule has 0 heterocycles. The molecule has 4 heteroatoms. The third kappa shape index (κ3) is 3.67. The standard InChI is InChI=1S/C13H15O3P/c14-17(15,16)9-3-4-11-7-8-12-5-1-2-6-13(12)10-11/h1-2,5-8,10H,3-4,9H2,(H2,14,15,16). The van der Waals surface area contributed by atoms with Crippen LogP contribution in [0.2, 0.25) is 0 Å². The Balaban J connectivity index is 2.07. The van der Waals surface area contributed by atoms with Crippen molar-refractivity contribution in [3.63, 3.8) is 0 Å². The zero-order valence-electron chi connectivity index (χ0n) is 9.41. The second-order valence-electron chi connectivity index (χ2n) is 4.17. The summed E-state index contributed by atoms with van der Waals surface area (Å²) in [6.07, 6.45) is 1.18. The van der Waals surface area contributed by atoms with Crippen LogP contribution in [0.15, 0.2) is 42.5 Å². The summed E-state index contributed by atoms with van der Waals surface area (Å²) in [5, 5.41) is 2.35. The van der Waals surface area contributed by atoms with Gasteiger partial charge < -0.3 is 9.79 Å². The van der Waals surface area contributed by atoms with Crippen LogP contribution < -0.4 is 0 Å². The number of hydrogen-bond donors (Lipinski definition) is 2. The molecule has 0 aromatic heterocycles. The first-order valence-electron chi connectivity index (χ1n) is 5.57. The quantitative estimate of drug-likeness (QED) is 0.820. The zero-order chi connectivity index (χ0) is 12.3. The van der Waals surface area contributed by atoms with Gasteiger partial charge in [-0.1, -0.05) is 42.5 Å². The fourth-order valence-corrected chi connectivity index (χ4v) is 2.45. The molecular weight excluding hydrogens is 235 g/mol. The average molecular weight is 250 g/mol. The van der Waals surface area contributed by atoms with E-state index >= 15 is 0 Å². The Morgan fingerprint density at radius 3 is 2.41 bits per heavy atom. The Morgan fingerprint density at radius 1 is 1.00 bits per heavy atom. The molecule has 0 spiro atoms. The van der Waals surface area contributed by atoms with Crippen LogP contribution in [0.3, 0.4) is 0 Å². The minimum absolute atomic E-state index is 0.0418. The molecular formula is C13H15O3P. The largest absolute Gasteiger partial charge is 0.325 e. The molecule has 0 unspecified atom stereocenters. The maximum atomic E-state index is 10.7. The summed E-state index contributed by atoms with van der Waals surface area (Å²) in [6.45, 7) is 0. The molecule has 90 valence electrons. The normalized spacial score (nSPS) is 11.9. The maximum absolute atomic E-state index is 10.7. The topological polar surface area (TPSA) is 57.5 Å². The van der Waals surface area contributed by atoms with Gasteiger partial charge in [-0.3, -0.25) is 4.57 Å². The monoisotopic (exact) mass is 250 g/mol. The molecule has 2 aromatic carbocycles. The smallest absolute Gasteiger partial charge is 0.324 e. The Labute approximate surface area is 100 Å². The molecule has 0 bridgehead atoms. The van der Waals surface area contributed by atoms with Crippen molar-refractivity contribution in [1.82, 2.24) is 0 Å². The molecule has 2 rings (SSSR count). The lowest BCUT2D eigenvalue weighted by Gasteiger charge is -2.05. The van der Waals surface area contributed by atoms with Crippen molar-refractivity contribution in [3.05, 3.63) is 48.0 Å². The van der Waals surface area contributed by atoms with E-state index in [0.717, 1.165) is 5.56 Å². The zero-order valence-corrected chi connectivity index (χ0v) is 10.3. The predicted molar refractivity (Wildman–Crippen MR) is 69.2 cm³/mol. The van der Waals surface area contributed by atoms with Gasteiger partial charge in [0.1, 0.15) is 0 Å². The van der Waals surface area contributed by atoms with E-state index in [1.165, 1.54) is 10.8 Å². The lowest BCUT2D eigenvalue weighted by molar-refractivity contribution is 0.371. The van der Waals surface area contributed by atoms with E-state index < -0.39 is 7.60 Å². The summed E-state index contributed by atoms with van der Waals surface area (Å²) in [4.78, 5) is 17.6. The minimum Gasteiger partial charge on any atom is -0.324 e. The maximum Gasteiger partial charge on any atom is 0.325 e. The summed E-state index contributed by atoms with van der Waals surface area (Å²) >= 11 is 0.